The van der Waals surface area contributed by atoms with Gasteiger partial charge in [-0.15, -0.1) is 0 Å². The van der Waals surface area contributed by atoms with Gasteiger partial charge in [-0.05, 0) is 32.0 Å². The van der Waals surface area contributed by atoms with Crippen LogP contribution in [0.25, 0.3) is 5.52 Å². The fraction of sp³-hybridized carbons (Fsp3) is 0.333. The molecule has 0 aromatic carbocycles. The summed E-state index contributed by atoms with van der Waals surface area (Å²) < 4.78 is 34.3. The Bertz CT molecular complexity index is 1310. The van der Waals surface area contributed by atoms with Crippen molar-refractivity contribution in [2.45, 2.75) is 38.8 Å². The quantitative estimate of drug-likeness (QED) is 0.502. The number of pyridine rings is 1. The minimum atomic E-state index is -3.03. The maximum Gasteiger partial charge on any atom is 0.292 e. The molecule has 4 aromatic heterocycles. The summed E-state index contributed by atoms with van der Waals surface area (Å²) in [5.41, 5.74) is 2.95. The standard InChI is InChI=1S/C21H20F2N6O3/c1-10-4-3-5-12-8-14(27-29(10)12)17-15-13(24-9-25-15)6-7-28(17)21(31)18-16(19(22)23)26-20(32-18)11(2)30/h3-5,8-9,11,17,19,30H,6-7H2,1-2H3,(H,24,25)/t11-,17?/m1/s1. The first-order valence-corrected chi connectivity index (χ1v) is 10.1. The number of hydrogen-bond acceptors (Lipinski definition) is 6. The SMILES string of the molecule is Cc1cccc2cc(C3c4nc[nH]c4CCN3C(=O)c3oc([C@@H](C)O)nc3C(F)F)nn12. The second kappa shape index (κ2) is 7.52. The molecule has 4 aromatic rings. The van der Waals surface area contributed by atoms with Crippen LogP contribution in [-0.2, 0) is 6.42 Å². The average molecular weight is 442 g/mol. The first kappa shape index (κ1) is 20.3. The lowest BCUT2D eigenvalue weighted by molar-refractivity contribution is 0.0631. The number of oxazole rings is 1. The number of amides is 1. The highest BCUT2D eigenvalue weighted by atomic mass is 19.3. The highest BCUT2D eigenvalue weighted by molar-refractivity contribution is 5.93. The van der Waals surface area contributed by atoms with Crippen LogP contribution >= 0.6 is 0 Å². The van der Waals surface area contributed by atoms with E-state index in [-0.39, 0.29) is 12.4 Å². The minimum absolute atomic E-state index is 0.235. The zero-order valence-electron chi connectivity index (χ0n) is 17.3. The van der Waals surface area contributed by atoms with E-state index < -0.39 is 35.9 Å². The summed E-state index contributed by atoms with van der Waals surface area (Å²) in [5.74, 6) is -1.67. The van der Waals surface area contributed by atoms with Gasteiger partial charge in [-0.2, -0.15) is 5.10 Å². The first-order valence-electron chi connectivity index (χ1n) is 10.1. The Balaban J connectivity index is 1.63. The van der Waals surface area contributed by atoms with Crippen molar-refractivity contribution in [1.82, 2.24) is 29.5 Å². The molecule has 0 saturated heterocycles. The molecule has 0 saturated carbocycles. The molecule has 1 aliphatic rings. The van der Waals surface area contributed by atoms with Crippen LogP contribution in [0, 0.1) is 6.92 Å². The minimum Gasteiger partial charge on any atom is -0.432 e. The van der Waals surface area contributed by atoms with Gasteiger partial charge in [0, 0.05) is 24.4 Å². The molecule has 166 valence electrons. The highest BCUT2D eigenvalue weighted by Crippen LogP contribution is 2.36. The van der Waals surface area contributed by atoms with Crippen LogP contribution in [-0.4, -0.2) is 47.0 Å². The second-order valence-electron chi connectivity index (χ2n) is 7.73. The number of fused-ring (bicyclic) bond motifs is 2. The van der Waals surface area contributed by atoms with Crippen molar-refractivity contribution in [3.05, 3.63) is 70.7 Å². The summed E-state index contributed by atoms with van der Waals surface area (Å²) in [4.78, 5) is 26.0. The molecule has 0 radical (unpaired) electrons. The molecule has 1 aliphatic heterocycles. The largest absolute Gasteiger partial charge is 0.432 e. The fourth-order valence-electron chi connectivity index (χ4n) is 4.06. The van der Waals surface area contributed by atoms with Crippen LogP contribution in [0.3, 0.4) is 0 Å². The number of nitrogens with one attached hydrogen (secondary N) is 1. The Morgan fingerprint density at radius 2 is 2.19 bits per heavy atom. The summed E-state index contributed by atoms with van der Waals surface area (Å²) in [7, 11) is 0. The van der Waals surface area contributed by atoms with Gasteiger partial charge < -0.3 is 19.4 Å². The number of H-pyrrole nitrogens is 1. The van der Waals surface area contributed by atoms with Crippen LogP contribution in [0.1, 0.15) is 70.4 Å². The Hall–Kier alpha value is -3.60. The van der Waals surface area contributed by atoms with Crippen molar-refractivity contribution in [3.63, 3.8) is 0 Å². The van der Waals surface area contributed by atoms with E-state index in [1.54, 1.807) is 4.52 Å². The predicted molar refractivity (Wildman–Crippen MR) is 107 cm³/mol. The third-order valence-corrected chi connectivity index (χ3v) is 5.59. The molecule has 0 aliphatic carbocycles. The topological polar surface area (TPSA) is 113 Å². The van der Waals surface area contributed by atoms with E-state index in [1.165, 1.54) is 18.2 Å². The zero-order valence-corrected chi connectivity index (χ0v) is 17.3. The second-order valence-corrected chi connectivity index (χ2v) is 7.73. The van der Waals surface area contributed by atoms with Gasteiger partial charge in [0.25, 0.3) is 12.3 Å². The third kappa shape index (κ3) is 3.16. The molecule has 0 bridgehead atoms. The van der Waals surface area contributed by atoms with Gasteiger partial charge in [0.15, 0.2) is 5.69 Å². The summed E-state index contributed by atoms with van der Waals surface area (Å²) >= 11 is 0. The zero-order chi connectivity index (χ0) is 22.6. The molecule has 0 fully saturated rings. The number of aliphatic hydroxyl groups excluding tert-OH is 1. The number of aromatic amines is 1. The van der Waals surface area contributed by atoms with Gasteiger partial charge >= 0.3 is 0 Å². The molecule has 5 heterocycles. The first-order chi connectivity index (χ1) is 15.3. The van der Waals surface area contributed by atoms with Crippen LogP contribution in [0.2, 0.25) is 0 Å². The van der Waals surface area contributed by atoms with E-state index >= 15 is 0 Å². The van der Waals surface area contributed by atoms with Gasteiger partial charge in [-0.1, -0.05) is 6.07 Å². The van der Waals surface area contributed by atoms with Crippen molar-refractivity contribution >= 4 is 11.4 Å². The van der Waals surface area contributed by atoms with Crippen molar-refractivity contribution in [1.29, 1.82) is 0 Å². The lowest BCUT2D eigenvalue weighted by Gasteiger charge is -2.33. The Morgan fingerprint density at radius 3 is 2.91 bits per heavy atom. The monoisotopic (exact) mass is 442 g/mol. The fourth-order valence-corrected chi connectivity index (χ4v) is 4.06. The number of halogens is 2. The van der Waals surface area contributed by atoms with Gasteiger partial charge in [0.2, 0.25) is 11.7 Å². The smallest absolute Gasteiger partial charge is 0.292 e. The van der Waals surface area contributed by atoms with Gasteiger partial charge in [-0.3, -0.25) is 4.79 Å². The van der Waals surface area contributed by atoms with Crippen LogP contribution in [0.15, 0.2) is 35.0 Å². The van der Waals surface area contributed by atoms with E-state index in [0.717, 1.165) is 16.9 Å². The predicted octanol–water partition coefficient (Wildman–Crippen LogP) is 3.13. The lowest BCUT2D eigenvalue weighted by atomic mass is 9.99. The number of nitrogens with zero attached hydrogens (tertiary/aromatic N) is 5. The summed E-state index contributed by atoms with van der Waals surface area (Å²) in [6.45, 7) is 3.47. The summed E-state index contributed by atoms with van der Waals surface area (Å²) in [6.07, 6.45) is -2.26. The number of carbonyl (C=O) groups excluding carboxylic acids is 1. The molecule has 1 unspecified atom stereocenters. The molecule has 0 spiro atoms. The van der Waals surface area contributed by atoms with Gasteiger partial charge in [0.05, 0.1) is 23.2 Å². The van der Waals surface area contributed by atoms with Crippen molar-refractivity contribution in [3.8, 4) is 0 Å². The summed E-state index contributed by atoms with van der Waals surface area (Å²) in [6, 6.07) is 6.85. The summed E-state index contributed by atoms with van der Waals surface area (Å²) in [5, 5.41) is 14.4. The molecule has 11 heteroatoms. The lowest BCUT2D eigenvalue weighted by Crippen LogP contribution is -2.41. The molecule has 2 N–H and O–H groups in total. The highest BCUT2D eigenvalue weighted by Gasteiger charge is 2.40. The average Bonchev–Trinajstić information content (AvgIpc) is 3.49. The van der Waals surface area contributed by atoms with Crippen LogP contribution in [0.5, 0.6) is 0 Å². The third-order valence-electron chi connectivity index (χ3n) is 5.59. The number of aryl methyl sites for hydroxylation is 1. The van der Waals surface area contributed by atoms with Gasteiger partial charge in [-0.25, -0.2) is 23.3 Å². The number of aliphatic hydroxyl groups is 1. The number of carbonyl (C=O) groups is 1. The van der Waals surface area contributed by atoms with E-state index in [2.05, 4.69) is 20.1 Å². The number of rotatable bonds is 4. The molecule has 5 rings (SSSR count). The van der Waals surface area contributed by atoms with E-state index in [0.29, 0.717) is 17.8 Å². The molecular weight excluding hydrogens is 422 g/mol. The molecular formula is C21H20F2N6O3. The number of imidazole rings is 1. The Kier molecular flexibility index (Phi) is 4.77. The van der Waals surface area contributed by atoms with Crippen LogP contribution in [0.4, 0.5) is 8.78 Å². The maximum absolute atomic E-state index is 13.6. The van der Waals surface area contributed by atoms with Crippen molar-refractivity contribution in [2.75, 3.05) is 6.54 Å². The molecule has 2 atom stereocenters. The Labute approximate surface area is 180 Å². The Morgan fingerprint density at radius 1 is 1.38 bits per heavy atom. The number of hydrogen-bond donors (Lipinski definition) is 2. The van der Waals surface area contributed by atoms with E-state index in [1.807, 2.05) is 31.2 Å². The van der Waals surface area contributed by atoms with Crippen LogP contribution < -0.4 is 0 Å². The number of aromatic nitrogens is 5. The van der Waals surface area contributed by atoms with E-state index in [9.17, 15) is 18.7 Å². The maximum atomic E-state index is 13.6. The number of alkyl halides is 2. The van der Waals surface area contributed by atoms with Crippen molar-refractivity contribution in [2.24, 2.45) is 0 Å². The molecule has 32 heavy (non-hydrogen) atoms. The molecule has 9 nitrogen and oxygen atoms in total. The van der Waals surface area contributed by atoms with E-state index in [4.69, 9.17) is 4.42 Å². The normalized spacial score (nSPS) is 17.2. The molecule has 1 amide bonds. The van der Waals surface area contributed by atoms with Gasteiger partial charge in [0.1, 0.15) is 12.1 Å². The van der Waals surface area contributed by atoms with Crippen molar-refractivity contribution < 1.29 is 23.1 Å².